The van der Waals surface area contributed by atoms with Gasteiger partial charge in [-0.05, 0) is 43.1 Å². The molecule has 122 valence electrons. The number of rotatable bonds is 8. The lowest BCUT2D eigenvalue weighted by Gasteiger charge is -2.22. The minimum Gasteiger partial charge on any atom is -0.309 e. The van der Waals surface area contributed by atoms with Crippen LogP contribution in [0.3, 0.4) is 0 Å². The average molecular weight is 300 g/mol. The molecule has 2 unspecified atom stereocenters. The van der Waals surface area contributed by atoms with E-state index in [0.29, 0.717) is 11.8 Å². The summed E-state index contributed by atoms with van der Waals surface area (Å²) in [5, 5.41) is 3.59. The molecule has 1 aliphatic rings. The van der Waals surface area contributed by atoms with E-state index >= 15 is 0 Å². The summed E-state index contributed by atoms with van der Waals surface area (Å²) in [5.74, 6) is 1.27. The first-order valence-electron chi connectivity index (χ1n) is 8.69. The third-order valence-corrected chi connectivity index (χ3v) is 4.74. The van der Waals surface area contributed by atoms with Crippen molar-refractivity contribution in [1.82, 2.24) is 5.32 Å². The first-order chi connectivity index (χ1) is 10.6. The Bertz CT molecular complexity index is 451. The largest absolute Gasteiger partial charge is 0.309 e. The third kappa shape index (κ3) is 6.19. The molecule has 0 saturated heterocycles. The van der Waals surface area contributed by atoms with Crippen molar-refractivity contribution in [2.75, 3.05) is 13.1 Å². The van der Waals surface area contributed by atoms with E-state index in [-0.39, 0.29) is 0 Å². The van der Waals surface area contributed by atoms with Crippen molar-refractivity contribution < 1.29 is 0 Å². The molecule has 1 N–H and O–H groups in total. The molecule has 1 heteroatoms. The van der Waals surface area contributed by atoms with Gasteiger partial charge in [0, 0.05) is 13.1 Å². The van der Waals surface area contributed by atoms with Crippen LogP contribution in [0, 0.1) is 11.8 Å². The van der Waals surface area contributed by atoms with Crippen LogP contribution in [-0.2, 0) is 0 Å². The van der Waals surface area contributed by atoms with E-state index in [1.165, 1.54) is 36.0 Å². The van der Waals surface area contributed by atoms with Crippen LogP contribution in [0.1, 0.15) is 46.5 Å². The van der Waals surface area contributed by atoms with Crippen LogP contribution >= 0.6 is 0 Å². The van der Waals surface area contributed by atoms with Gasteiger partial charge in [0.25, 0.3) is 0 Å². The molecule has 0 aromatic rings. The highest BCUT2D eigenvalue weighted by Gasteiger charge is 2.14. The maximum absolute atomic E-state index is 4.20. The monoisotopic (exact) mass is 299 g/mol. The maximum atomic E-state index is 4.20. The van der Waals surface area contributed by atoms with Crippen LogP contribution in [-0.4, -0.2) is 13.1 Å². The number of nitrogens with one attached hydrogen (secondary N) is 1. The molecule has 0 aliphatic heterocycles. The van der Waals surface area contributed by atoms with E-state index in [9.17, 15) is 0 Å². The predicted octanol–water partition coefficient (Wildman–Crippen LogP) is 5.59. The van der Waals surface area contributed by atoms with E-state index in [1.807, 2.05) is 6.08 Å². The van der Waals surface area contributed by atoms with Gasteiger partial charge in [0.15, 0.2) is 0 Å². The Kier molecular flexibility index (Phi) is 8.84. The fraction of sp³-hybridized carbons (Fsp3) is 0.524. The van der Waals surface area contributed by atoms with Crippen molar-refractivity contribution in [2.24, 2.45) is 11.8 Å². The SMILES string of the molecule is C=C/C=C1/C=C\C=C(\CNCC(=C)C(C)CC)C(CC)CC1. The molecule has 22 heavy (non-hydrogen) atoms. The number of hydrogen-bond donors (Lipinski definition) is 1. The molecule has 0 spiro atoms. The quantitative estimate of drug-likeness (QED) is 0.576. The highest BCUT2D eigenvalue weighted by Crippen LogP contribution is 2.25. The van der Waals surface area contributed by atoms with Crippen LogP contribution < -0.4 is 5.32 Å². The zero-order valence-corrected chi connectivity index (χ0v) is 14.7. The Morgan fingerprint density at radius 1 is 1.45 bits per heavy atom. The second-order valence-corrected chi connectivity index (χ2v) is 6.29. The summed E-state index contributed by atoms with van der Waals surface area (Å²) in [6.45, 7) is 16.7. The van der Waals surface area contributed by atoms with E-state index in [2.05, 4.69) is 63.5 Å². The lowest BCUT2D eigenvalue weighted by atomic mass is 9.87. The molecule has 1 aliphatic carbocycles. The van der Waals surface area contributed by atoms with Crippen molar-refractivity contribution in [1.29, 1.82) is 0 Å². The van der Waals surface area contributed by atoms with E-state index in [0.717, 1.165) is 19.5 Å². The van der Waals surface area contributed by atoms with Gasteiger partial charge in [-0.15, -0.1) is 0 Å². The molecule has 0 bridgehead atoms. The van der Waals surface area contributed by atoms with Gasteiger partial charge in [-0.3, -0.25) is 0 Å². The van der Waals surface area contributed by atoms with E-state index in [4.69, 9.17) is 0 Å². The molecule has 0 amide bonds. The summed E-state index contributed by atoms with van der Waals surface area (Å²) in [5.41, 5.74) is 4.21. The Labute approximate surface area is 137 Å². The van der Waals surface area contributed by atoms with Crippen molar-refractivity contribution in [2.45, 2.75) is 46.5 Å². The molecule has 1 nitrogen and oxygen atoms in total. The zero-order valence-electron chi connectivity index (χ0n) is 14.7. The van der Waals surface area contributed by atoms with Gasteiger partial charge in [0.2, 0.25) is 0 Å². The topological polar surface area (TPSA) is 12.0 Å². The summed E-state index contributed by atoms with van der Waals surface area (Å²) in [7, 11) is 0. The highest BCUT2D eigenvalue weighted by atomic mass is 14.9. The lowest BCUT2D eigenvalue weighted by molar-refractivity contribution is 0.518. The Morgan fingerprint density at radius 2 is 2.23 bits per heavy atom. The molecule has 0 fully saturated rings. The fourth-order valence-electron chi connectivity index (χ4n) is 2.83. The Balaban J connectivity index is 2.63. The minimum atomic E-state index is 0.604. The van der Waals surface area contributed by atoms with Crippen molar-refractivity contribution in [3.05, 3.63) is 60.3 Å². The lowest BCUT2D eigenvalue weighted by Crippen LogP contribution is -2.24. The second-order valence-electron chi connectivity index (χ2n) is 6.29. The molecular formula is C21H33N. The van der Waals surface area contributed by atoms with Crippen molar-refractivity contribution in [3.8, 4) is 0 Å². The van der Waals surface area contributed by atoms with Gasteiger partial charge in [-0.25, -0.2) is 0 Å². The number of allylic oxidation sites excluding steroid dienone is 6. The summed E-state index contributed by atoms with van der Waals surface area (Å²) >= 11 is 0. The van der Waals surface area contributed by atoms with Crippen molar-refractivity contribution >= 4 is 0 Å². The average Bonchev–Trinajstić information content (AvgIpc) is 2.51. The zero-order chi connectivity index (χ0) is 16.4. The second kappa shape index (κ2) is 10.4. The fourth-order valence-corrected chi connectivity index (χ4v) is 2.83. The summed E-state index contributed by atoms with van der Waals surface area (Å²) in [6.07, 6.45) is 15.4. The summed E-state index contributed by atoms with van der Waals surface area (Å²) in [4.78, 5) is 0. The van der Waals surface area contributed by atoms with Gasteiger partial charge in [-0.1, -0.05) is 75.5 Å². The van der Waals surface area contributed by atoms with Gasteiger partial charge >= 0.3 is 0 Å². The van der Waals surface area contributed by atoms with Crippen LogP contribution in [0.15, 0.2) is 60.3 Å². The molecule has 0 aromatic heterocycles. The summed E-state index contributed by atoms with van der Waals surface area (Å²) in [6, 6.07) is 0. The van der Waals surface area contributed by atoms with Crippen LogP contribution in [0.2, 0.25) is 0 Å². The summed E-state index contributed by atoms with van der Waals surface area (Å²) < 4.78 is 0. The Hall–Kier alpha value is -1.34. The van der Waals surface area contributed by atoms with Crippen LogP contribution in [0.4, 0.5) is 0 Å². The first-order valence-corrected chi connectivity index (χ1v) is 8.69. The van der Waals surface area contributed by atoms with Crippen molar-refractivity contribution in [3.63, 3.8) is 0 Å². The van der Waals surface area contributed by atoms with Gasteiger partial charge in [0.1, 0.15) is 0 Å². The highest BCUT2D eigenvalue weighted by molar-refractivity contribution is 5.30. The van der Waals surface area contributed by atoms with E-state index in [1.54, 1.807) is 0 Å². The molecule has 0 aromatic carbocycles. The standard InChI is InChI=1S/C21H33N/c1-6-10-19-11-9-12-21(20(8-3)14-13-19)16-22-15-18(5)17(4)7-2/h6,9-12,17,20,22H,1,5,7-8,13-16H2,2-4H3/b11-9-,19-10-,21-12-. The van der Waals surface area contributed by atoms with Gasteiger partial charge in [-0.2, -0.15) is 0 Å². The smallest absolute Gasteiger partial charge is 0.0173 e. The van der Waals surface area contributed by atoms with Gasteiger partial charge < -0.3 is 5.32 Å². The molecular weight excluding hydrogens is 266 g/mol. The predicted molar refractivity (Wildman–Crippen MR) is 100.0 cm³/mol. The van der Waals surface area contributed by atoms with Crippen LogP contribution in [0.25, 0.3) is 0 Å². The molecule has 0 saturated carbocycles. The molecule has 0 heterocycles. The molecule has 1 rings (SSSR count). The normalized spacial score (nSPS) is 25.7. The number of hydrogen-bond acceptors (Lipinski definition) is 1. The maximum Gasteiger partial charge on any atom is 0.0173 e. The first kappa shape index (κ1) is 18.7. The molecule has 0 radical (unpaired) electrons. The van der Waals surface area contributed by atoms with Crippen LogP contribution in [0.5, 0.6) is 0 Å². The Morgan fingerprint density at radius 3 is 2.86 bits per heavy atom. The minimum absolute atomic E-state index is 0.604. The third-order valence-electron chi connectivity index (χ3n) is 4.74. The van der Waals surface area contributed by atoms with E-state index < -0.39 is 0 Å². The molecule has 2 atom stereocenters. The van der Waals surface area contributed by atoms with Gasteiger partial charge in [0.05, 0.1) is 0 Å².